The standard InChI is InChI=1S/C21H28N6O2/c1-16(20-5-4-17(2)29-20)8-11-26(3)12-13-27-15-19(24-25-27)21(28)23-14-18-6-9-22-10-7-18/h4-7,9-10,15-16H,8,11-14H2,1-3H3,(H,23,28)/t16-/m1/s1. The van der Waals surface area contributed by atoms with Gasteiger partial charge >= 0.3 is 0 Å². The molecule has 0 bridgehead atoms. The van der Waals surface area contributed by atoms with Gasteiger partial charge in [0, 0.05) is 31.4 Å². The summed E-state index contributed by atoms with van der Waals surface area (Å²) in [5.41, 5.74) is 1.31. The van der Waals surface area contributed by atoms with Gasteiger partial charge in [-0.25, -0.2) is 0 Å². The number of aryl methyl sites for hydroxylation is 1. The van der Waals surface area contributed by atoms with Gasteiger partial charge in [0.2, 0.25) is 0 Å². The van der Waals surface area contributed by atoms with Crippen LogP contribution in [0.25, 0.3) is 0 Å². The van der Waals surface area contributed by atoms with E-state index in [1.165, 1.54) is 0 Å². The van der Waals surface area contributed by atoms with Crippen LogP contribution in [-0.4, -0.2) is 50.9 Å². The summed E-state index contributed by atoms with van der Waals surface area (Å²) in [4.78, 5) is 18.4. The molecule has 0 aliphatic carbocycles. The fourth-order valence-electron chi connectivity index (χ4n) is 2.94. The van der Waals surface area contributed by atoms with Crippen molar-refractivity contribution >= 4 is 5.91 Å². The molecule has 154 valence electrons. The van der Waals surface area contributed by atoms with E-state index in [4.69, 9.17) is 4.42 Å². The molecule has 3 rings (SSSR count). The van der Waals surface area contributed by atoms with Crippen LogP contribution in [0.15, 0.2) is 47.3 Å². The molecular weight excluding hydrogens is 368 g/mol. The first-order valence-corrected chi connectivity index (χ1v) is 9.83. The average molecular weight is 396 g/mol. The van der Waals surface area contributed by atoms with Gasteiger partial charge in [-0.1, -0.05) is 12.1 Å². The minimum atomic E-state index is -0.232. The lowest BCUT2D eigenvalue weighted by Gasteiger charge is -2.18. The van der Waals surface area contributed by atoms with Crippen molar-refractivity contribution < 1.29 is 9.21 Å². The number of rotatable bonds is 10. The summed E-state index contributed by atoms with van der Waals surface area (Å²) < 4.78 is 7.40. The molecular formula is C21H28N6O2. The lowest BCUT2D eigenvalue weighted by atomic mass is 10.1. The Morgan fingerprint density at radius 1 is 1.24 bits per heavy atom. The van der Waals surface area contributed by atoms with E-state index in [0.717, 1.165) is 36.6 Å². The first-order chi connectivity index (χ1) is 14.0. The summed E-state index contributed by atoms with van der Waals surface area (Å²) in [6.45, 7) is 7.04. The van der Waals surface area contributed by atoms with Crippen LogP contribution in [0.5, 0.6) is 0 Å². The topological polar surface area (TPSA) is 89.1 Å². The van der Waals surface area contributed by atoms with E-state index >= 15 is 0 Å². The maximum atomic E-state index is 12.2. The van der Waals surface area contributed by atoms with Gasteiger partial charge in [-0.3, -0.25) is 14.5 Å². The summed E-state index contributed by atoms with van der Waals surface area (Å²) in [6.07, 6.45) is 6.10. The molecule has 0 saturated carbocycles. The fraction of sp³-hybridized carbons (Fsp3) is 0.429. The second-order valence-electron chi connectivity index (χ2n) is 7.35. The van der Waals surface area contributed by atoms with E-state index in [2.05, 4.69) is 45.6 Å². The Bertz CT molecular complexity index is 905. The van der Waals surface area contributed by atoms with Gasteiger partial charge < -0.3 is 14.6 Å². The van der Waals surface area contributed by atoms with E-state index in [1.807, 2.05) is 25.1 Å². The van der Waals surface area contributed by atoms with Crippen molar-refractivity contribution in [2.24, 2.45) is 0 Å². The molecule has 3 aromatic rings. The van der Waals surface area contributed by atoms with Gasteiger partial charge in [0.1, 0.15) is 11.5 Å². The summed E-state index contributed by atoms with van der Waals surface area (Å²) in [5, 5.41) is 10.9. The molecule has 0 radical (unpaired) electrons. The number of nitrogens with one attached hydrogen (secondary N) is 1. The second-order valence-corrected chi connectivity index (χ2v) is 7.35. The largest absolute Gasteiger partial charge is 0.466 e. The number of aromatic nitrogens is 4. The van der Waals surface area contributed by atoms with Crippen LogP contribution in [0.2, 0.25) is 0 Å². The molecule has 3 aromatic heterocycles. The highest BCUT2D eigenvalue weighted by Crippen LogP contribution is 2.21. The highest BCUT2D eigenvalue weighted by atomic mass is 16.3. The summed E-state index contributed by atoms with van der Waals surface area (Å²) in [6, 6.07) is 7.78. The Morgan fingerprint density at radius 3 is 2.76 bits per heavy atom. The third-order valence-corrected chi connectivity index (χ3v) is 4.88. The van der Waals surface area contributed by atoms with E-state index in [1.54, 1.807) is 23.3 Å². The third kappa shape index (κ3) is 6.25. The number of hydrogen-bond acceptors (Lipinski definition) is 6. The Balaban J connectivity index is 1.39. The van der Waals surface area contributed by atoms with Gasteiger partial charge in [0.15, 0.2) is 5.69 Å². The summed E-state index contributed by atoms with van der Waals surface area (Å²) in [7, 11) is 2.08. The molecule has 0 aromatic carbocycles. The predicted octanol–water partition coefficient (Wildman–Crippen LogP) is 2.63. The average Bonchev–Trinajstić information content (AvgIpc) is 3.38. The SMILES string of the molecule is Cc1ccc([C@H](C)CCN(C)CCn2cc(C(=O)NCc3ccncc3)nn2)o1. The van der Waals surface area contributed by atoms with Crippen molar-refractivity contribution in [2.45, 2.75) is 39.3 Å². The number of hydrogen-bond donors (Lipinski definition) is 1. The van der Waals surface area contributed by atoms with E-state index in [-0.39, 0.29) is 5.91 Å². The van der Waals surface area contributed by atoms with Gasteiger partial charge in [-0.15, -0.1) is 5.10 Å². The Hall–Kier alpha value is -3.00. The molecule has 0 aliphatic heterocycles. The Morgan fingerprint density at radius 2 is 2.03 bits per heavy atom. The molecule has 0 spiro atoms. The van der Waals surface area contributed by atoms with Gasteiger partial charge in [0.25, 0.3) is 5.91 Å². The normalized spacial score (nSPS) is 12.3. The molecule has 8 heteroatoms. The third-order valence-electron chi connectivity index (χ3n) is 4.88. The maximum absolute atomic E-state index is 12.2. The van der Waals surface area contributed by atoms with Gasteiger partial charge in [-0.05, 0) is 56.8 Å². The number of nitrogens with zero attached hydrogens (tertiary/aromatic N) is 5. The molecule has 3 heterocycles. The number of pyridine rings is 1. The van der Waals surface area contributed by atoms with Crippen molar-refractivity contribution in [1.29, 1.82) is 0 Å². The highest BCUT2D eigenvalue weighted by molar-refractivity contribution is 5.91. The maximum Gasteiger partial charge on any atom is 0.273 e. The van der Waals surface area contributed by atoms with Gasteiger partial charge in [0.05, 0.1) is 12.7 Å². The number of carbonyl (C=O) groups is 1. The minimum Gasteiger partial charge on any atom is -0.466 e. The lowest BCUT2D eigenvalue weighted by Crippen LogP contribution is -2.25. The van der Waals surface area contributed by atoms with Crippen LogP contribution < -0.4 is 5.32 Å². The van der Waals surface area contributed by atoms with E-state index in [9.17, 15) is 4.79 Å². The second kappa shape index (κ2) is 9.97. The molecule has 0 aliphatic rings. The predicted molar refractivity (Wildman–Crippen MR) is 109 cm³/mol. The zero-order valence-electron chi connectivity index (χ0n) is 17.2. The van der Waals surface area contributed by atoms with Crippen LogP contribution in [0.1, 0.15) is 46.8 Å². The Kier molecular flexibility index (Phi) is 7.13. The fourth-order valence-corrected chi connectivity index (χ4v) is 2.94. The van der Waals surface area contributed by atoms with Crippen molar-refractivity contribution in [3.8, 4) is 0 Å². The van der Waals surface area contributed by atoms with Crippen molar-refractivity contribution in [3.63, 3.8) is 0 Å². The minimum absolute atomic E-state index is 0.232. The first kappa shape index (κ1) is 20.7. The van der Waals surface area contributed by atoms with Crippen molar-refractivity contribution in [2.75, 3.05) is 20.1 Å². The molecule has 1 amide bonds. The number of amides is 1. The van der Waals surface area contributed by atoms with Crippen molar-refractivity contribution in [1.82, 2.24) is 30.2 Å². The molecule has 1 N–H and O–H groups in total. The molecule has 8 nitrogen and oxygen atoms in total. The van der Waals surface area contributed by atoms with Crippen LogP contribution in [0.3, 0.4) is 0 Å². The van der Waals surface area contributed by atoms with Crippen LogP contribution in [-0.2, 0) is 13.1 Å². The highest BCUT2D eigenvalue weighted by Gasteiger charge is 2.13. The lowest BCUT2D eigenvalue weighted by molar-refractivity contribution is 0.0946. The summed E-state index contributed by atoms with van der Waals surface area (Å²) in [5.74, 6) is 2.14. The quantitative estimate of drug-likeness (QED) is 0.567. The van der Waals surface area contributed by atoms with Gasteiger partial charge in [-0.2, -0.15) is 0 Å². The molecule has 1 atom stereocenters. The van der Waals surface area contributed by atoms with E-state index in [0.29, 0.717) is 24.7 Å². The molecule has 0 unspecified atom stereocenters. The molecule has 29 heavy (non-hydrogen) atoms. The molecule has 0 fully saturated rings. The molecule has 0 saturated heterocycles. The summed E-state index contributed by atoms with van der Waals surface area (Å²) >= 11 is 0. The smallest absolute Gasteiger partial charge is 0.273 e. The zero-order chi connectivity index (χ0) is 20.6. The van der Waals surface area contributed by atoms with Crippen LogP contribution in [0.4, 0.5) is 0 Å². The number of likely N-dealkylation sites (N-methyl/N-ethyl adjacent to an activating group) is 1. The van der Waals surface area contributed by atoms with Crippen LogP contribution >= 0.6 is 0 Å². The zero-order valence-corrected chi connectivity index (χ0v) is 17.2. The monoisotopic (exact) mass is 396 g/mol. The number of furan rings is 1. The first-order valence-electron chi connectivity index (χ1n) is 9.83. The van der Waals surface area contributed by atoms with E-state index < -0.39 is 0 Å². The van der Waals surface area contributed by atoms with Crippen LogP contribution in [0, 0.1) is 6.92 Å². The Labute approximate surface area is 170 Å². The van der Waals surface area contributed by atoms with Crippen molar-refractivity contribution in [3.05, 3.63) is 65.6 Å². The number of carbonyl (C=O) groups excluding carboxylic acids is 1.